The van der Waals surface area contributed by atoms with Gasteiger partial charge in [0.1, 0.15) is 0 Å². The maximum absolute atomic E-state index is 12.0. The Morgan fingerprint density at radius 2 is 2.24 bits per heavy atom. The lowest BCUT2D eigenvalue weighted by Gasteiger charge is -2.19. The summed E-state index contributed by atoms with van der Waals surface area (Å²) in [5, 5.41) is 5.97. The summed E-state index contributed by atoms with van der Waals surface area (Å²) in [6.45, 7) is 1.46. The van der Waals surface area contributed by atoms with Crippen LogP contribution in [-0.4, -0.2) is 32.7 Å². The lowest BCUT2D eigenvalue weighted by Crippen LogP contribution is -2.36. The monoisotopic (exact) mass is 356 g/mol. The van der Waals surface area contributed by atoms with Crippen molar-refractivity contribution in [1.82, 2.24) is 10.6 Å². The molecule has 2 rings (SSSR count). The zero-order valence-electron chi connectivity index (χ0n) is 12.4. The van der Waals surface area contributed by atoms with E-state index in [9.17, 15) is 4.79 Å². The molecule has 1 heterocycles. The predicted octanol–water partition coefficient (Wildman–Crippen LogP) is 2.22. The predicted molar refractivity (Wildman–Crippen MR) is 84.7 cm³/mol. The molecule has 116 valence electrons. The summed E-state index contributed by atoms with van der Waals surface area (Å²) < 4.78 is 12.1. The van der Waals surface area contributed by atoms with Crippen LogP contribution in [0.1, 0.15) is 24.8 Å². The number of carbonyl (C=O) groups is 1. The first kappa shape index (κ1) is 16.1. The Morgan fingerprint density at radius 3 is 2.95 bits per heavy atom. The summed E-state index contributed by atoms with van der Waals surface area (Å²) in [5.41, 5.74) is 1.08. The Hall–Kier alpha value is -1.27. The lowest BCUT2D eigenvalue weighted by atomic mass is 10.1. The number of nitrogens with one attached hydrogen (secondary N) is 2. The SMILES string of the molecule is CNCc1cc(Br)c(OC2CCCCNC2=O)c(OC)c1. The van der Waals surface area contributed by atoms with Crippen molar-refractivity contribution in [3.63, 3.8) is 0 Å². The smallest absolute Gasteiger partial charge is 0.261 e. The Bertz CT molecular complexity index is 508. The maximum Gasteiger partial charge on any atom is 0.261 e. The molecular formula is C15H21BrN2O3. The number of carbonyl (C=O) groups excluding carboxylic acids is 1. The van der Waals surface area contributed by atoms with Crippen LogP contribution in [0.2, 0.25) is 0 Å². The van der Waals surface area contributed by atoms with E-state index in [1.165, 1.54) is 0 Å². The van der Waals surface area contributed by atoms with Crippen LogP contribution < -0.4 is 20.1 Å². The molecule has 21 heavy (non-hydrogen) atoms. The summed E-state index contributed by atoms with van der Waals surface area (Å²) in [4.78, 5) is 12.0. The van der Waals surface area contributed by atoms with Crippen LogP contribution >= 0.6 is 15.9 Å². The first-order valence-electron chi connectivity index (χ1n) is 7.11. The number of hydrogen-bond acceptors (Lipinski definition) is 4. The van der Waals surface area contributed by atoms with Gasteiger partial charge in [-0.15, -0.1) is 0 Å². The number of benzene rings is 1. The largest absolute Gasteiger partial charge is 0.493 e. The average Bonchev–Trinajstić information content (AvgIpc) is 2.66. The van der Waals surface area contributed by atoms with E-state index in [0.717, 1.165) is 42.4 Å². The summed E-state index contributed by atoms with van der Waals surface area (Å²) in [7, 11) is 3.49. The fourth-order valence-corrected chi connectivity index (χ4v) is 2.94. The minimum Gasteiger partial charge on any atom is -0.493 e. The van der Waals surface area contributed by atoms with Crippen LogP contribution in [0.4, 0.5) is 0 Å². The fourth-order valence-electron chi connectivity index (χ4n) is 2.36. The molecule has 1 saturated heterocycles. The van der Waals surface area contributed by atoms with Gasteiger partial charge in [0.05, 0.1) is 11.6 Å². The van der Waals surface area contributed by atoms with Gasteiger partial charge in [-0.1, -0.05) is 0 Å². The highest BCUT2D eigenvalue weighted by atomic mass is 79.9. The molecule has 1 aliphatic rings. The molecule has 1 amide bonds. The number of halogens is 1. The summed E-state index contributed by atoms with van der Waals surface area (Å²) in [6, 6.07) is 3.90. The average molecular weight is 357 g/mol. The van der Waals surface area contributed by atoms with Crippen LogP contribution in [0.5, 0.6) is 11.5 Å². The number of methoxy groups -OCH3 is 1. The Labute approximate surface area is 133 Å². The van der Waals surface area contributed by atoms with Gasteiger partial charge in [-0.2, -0.15) is 0 Å². The maximum atomic E-state index is 12.0. The van der Waals surface area contributed by atoms with Gasteiger partial charge >= 0.3 is 0 Å². The standard InChI is InChI=1S/C15H21BrN2O3/c1-17-9-10-7-11(16)14(13(8-10)20-2)21-12-5-3-4-6-18-15(12)19/h7-8,12,17H,3-6,9H2,1-2H3,(H,18,19). The molecule has 1 aliphatic heterocycles. The van der Waals surface area contributed by atoms with Crippen LogP contribution in [0, 0.1) is 0 Å². The normalized spacial score (nSPS) is 18.8. The first-order chi connectivity index (χ1) is 10.2. The summed E-state index contributed by atoms with van der Waals surface area (Å²) >= 11 is 3.51. The molecule has 1 aromatic rings. The topological polar surface area (TPSA) is 59.6 Å². The second-order valence-corrected chi connectivity index (χ2v) is 5.89. The van der Waals surface area contributed by atoms with Crippen LogP contribution in [0.15, 0.2) is 16.6 Å². The van der Waals surface area contributed by atoms with Crippen molar-refractivity contribution in [2.45, 2.75) is 31.9 Å². The van der Waals surface area contributed by atoms with Crippen LogP contribution in [-0.2, 0) is 11.3 Å². The second kappa shape index (κ2) is 7.66. The van der Waals surface area contributed by atoms with E-state index in [1.54, 1.807) is 7.11 Å². The van der Waals surface area contributed by atoms with E-state index in [0.29, 0.717) is 11.5 Å². The number of ether oxygens (including phenoxy) is 2. The summed E-state index contributed by atoms with van der Waals surface area (Å²) in [5.74, 6) is 1.16. The van der Waals surface area contributed by atoms with E-state index in [1.807, 2.05) is 19.2 Å². The molecule has 1 unspecified atom stereocenters. The van der Waals surface area contributed by atoms with Crippen molar-refractivity contribution in [3.8, 4) is 11.5 Å². The van der Waals surface area contributed by atoms with Gasteiger partial charge < -0.3 is 20.1 Å². The van der Waals surface area contributed by atoms with E-state index in [2.05, 4.69) is 26.6 Å². The Kier molecular flexibility index (Phi) is 5.87. The zero-order chi connectivity index (χ0) is 15.2. The Balaban J connectivity index is 2.23. The highest BCUT2D eigenvalue weighted by Gasteiger charge is 2.25. The van der Waals surface area contributed by atoms with E-state index < -0.39 is 6.10 Å². The van der Waals surface area contributed by atoms with E-state index in [4.69, 9.17) is 9.47 Å². The molecule has 6 heteroatoms. The molecule has 1 atom stereocenters. The van der Waals surface area contributed by atoms with Crippen molar-refractivity contribution in [2.24, 2.45) is 0 Å². The van der Waals surface area contributed by atoms with Gasteiger partial charge in [-0.3, -0.25) is 4.79 Å². The summed E-state index contributed by atoms with van der Waals surface area (Å²) in [6.07, 6.45) is 2.22. The molecule has 1 aromatic carbocycles. The van der Waals surface area contributed by atoms with Crippen molar-refractivity contribution >= 4 is 21.8 Å². The molecule has 0 radical (unpaired) electrons. The molecule has 5 nitrogen and oxygen atoms in total. The van der Waals surface area contributed by atoms with Crippen molar-refractivity contribution < 1.29 is 14.3 Å². The van der Waals surface area contributed by atoms with Crippen molar-refractivity contribution in [1.29, 1.82) is 0 Å². The molecule has 0 spiro atoms. The third-order valence-corrected chi connectivity index (χ3v) is 4.00. The van der Waals surface area contributed by atoms with Crippen LogP contribution in [0.3, 0.4) is 0 Å². The molecule has 0 saturated carbocycles. The zero-order valence-corrected chi connectivity index (χ0v) is 14.0. The van der Waals surface area contributed by atoms with E-state index >= 15 is 0 Å². The molecule has 0 aliphatic carbocycles. The number of rotatable bonds is 5. The van der Waals surface area contributed by atoms with Gasteiger partial charge in [0.25, 0.3) is 5.91 Å². The number of amides is 1. The highest BCUT2D eigenvalue weighted by Crippen LogP contribution is 2.37. The fraction of sp³-hybridized carbons (Fsp3) is 0.533. The molecule has 2 N–H and O–H groups in total. The van der Waals surface area contributed by atoms with Gasteiger partial charge in [0, 0.05) is 13.1 Å². The third-order valence-electron chi connectivity index (χ3n) is 3.41. The van der Waals surface area contributed by atoms with E-state index in [-0.39, 0.29) is 5.91 Å². The van der Waals surface area contributed by atoms with Crippen molar-refractivity contribution in [2.75, 3.05) is 20.7 Å². The number of hydrogen-bond donors (Lipinski definition) is 2. The first-order valence-corrected chi connectivity index (χ1v) is 7.90. The third kappa shape index (κ3) is 4.11. The van der Waals surface area contributed by atoms with Gasteiger partial charge in [0.15, 0.2) is 17.6 Å². The molecule has 0 bridgehead atoms. The van der Waals surface area contributed by atoms with Gasteiger partial charge in [0.2, 0.25) is 0 Å². The van der Waals surface area contributed by atoms with Gasteiger partial charge in [-0.25, -0.2) is 0 Å². The minimum absolute atomic E-state index is 0.0549. The quantitative estimate of drug-likeness (QED) is 0.849. The highest BCUT2D eigenvalue weighted by molar-refractivity contribution is 9.10. The minimum atomic E-state index is -0.465. The molecular weight excluding hydrogens is 336 g/mol. The van der Waals surface area contributed by atoms with Crippen molar-refractivity contribution in [3.05, 3.63) is 22.2 Å². The molecule has 1 fully saturated rings. The van der Waals surface area contributed by atoms with Gasteiger partial charge in [-0.05, 0) is 59.9 Å². The lowest BCUT2D eigenvalue weighted by molar-refractivity contribution is -0.127. The Morgan fingerprint density at radius 1 is 1.43 bits per heavy atom. The molecule has 0 aromatic heterocycles. The van der Waals surface area contributed by atoms with Crippen LogP contribution in [0.25, 0.3) is 0 Å². The second-order valence-electron chi connectivity index (χ2n) is 5.03.